The number of carbonyl (C=O) groups excluding carboxylic acids is 2. The van der Waals surface area contributed by atoms with Gasteiger partial charge in [-0.25, -0.2) is 0 Å². The van der Waals surface area contributed by atoms with E-state index >= 15 is 0 Å². The molecule has 2 aliphatic rings. The van der Waals surface area contributed by atoms with Crippen molar-refractivity contribution in [2.24, 2.45) is 0 Å². The van der Waals surface area contributed by atoms with Crippen LogP contribution in [0.1, 0.15) is 73.4 Å². The zero-order valence-electron chi connectivity index (χ0n) is 28.4. The van der Waals surface area contributed by atoms with Crippen LogP contribution in [0.3, 0.4) is 0 Å². The van der Waals surface area contributed by atoms with E-state index in [1.807, 2.05) is 71.4 Å². The molecule has 0 aromatic heterocycles. The number of benzene rings is 4. The fraction of sp³-hybridized carbons (Fsp3) is 0.366. The van der Waals surface area contributed by atoms with Gasteiger partial charge in [-0.1, -0.05) is 109 Å². The number of rotatable bonds is 7. The quantitative estimate of drug-likeness (QED) is 0.195. The Morgan fingerprint density at radius 1 is 0.812 bits per heavy atom. The summed E-state index contributed by atoms with van der Waals surface area (Å²) in [5.41, 5.74) is 5.41. The van der Waals surface area contributed by atoms with Gasteiger partial charge >= 0.3 is 0 Å². The minimum Gasteiger partial charge on any atom is -0.338 e. The van der Waals surface area contributed by atoms with Crippen LogP contribution < -0.4 is 0 Å². The molecule has 0 N–H and O–H groups in total. The average molecular weight is 685 g/mol. The molecular weight excluding hydrogens is 637 g/mol. The second-order valence-electron chi connectivity index (χ2n) is 13.0. The Balaban J connectivity index is 0.000000190. The summed E-state index contributed by atoms with van der Waals surface area (Å²) >= 11 is 12.1. The number of nitrogens with zero attached hydrogens (tertiary/aromatic N) is 3. The molecule has 2 saturated heterocycles. The highest BCUT2D eigenvalue weighted by atomic mass is 35.5. The van der Waals surface area contributed by atoms with Crippen molar-refractivity contribution in [3.05, 3.63) is 130 Å². The van der Waals surface area contributed by atoms with Gasteiger partial charge in [0, 0.05) is 51.6 Å². The first kappa shape index (κ1) is 35.7. The highest BCUT2D eigenvalue weighted by molar-refractivity contribution is 6.42. The fourth-order valence-corrected chi connectivity index (χ4v) is 7.46. The summed E-state index contributed by atoms with van der Waals surface area (Å²) in [7, 11) is 1.96. The van der Waals surface area contributed by atoms with Crippen LogP contribution >= 0.6 is 23.2 Å². The fourth-order valence-electron chi connectivity index (χ4n) is 7.15. The second kappa shape index (κ2) is 16.6. The van der Waals surface area contributed by atoms with Gasteiger partial charge < -0.3 is 14.7 Å². The Bertz CT molecular complexity index is 1640. The van der Waals surface area contributed by atoms with E-state index in [1.54, 1.807) is 6.92 Å². The van der Waals surface area contributed by atoms with Crippen molar-refractivity contribution in [2.45, 2.75) is 57.4 Å². The Morgan fingerprint density at radius 3 is 2.04 bits per heavy atom. The van der Waals surface area contributed by atoms with E-state index in [2.05, 4.69) is 60.4 Å². The summed E-state index contributed by atoms with van der Waals surface area (Å²) in [4.78, 5) is 31.2. The van der Waals surface area contributed by atoms with Crippen LogP contribution in [-0.4, -0.2) is 66.3 Å². The Hall–Kier alpha value is -3.64. The molecule has 48 heavy (non-hydrogen) atoms. The molecule has 0 aliphatic carbocycles. The van der Waals surface area contributed by atoms with Crippen LogP contribution in [0.25, 0.3) is 11.1 Å². The first-order valence-corrected chi connectivity index (χ1v) is 17.9. The summed E-state index contributed by atoms with van der Waals surface area (Å²) in [5, 5.41) is 1.14. The summed E-state index contributed by atoms with van der Waals surface area (Å²) in [6.07, 6.45) is 5.24. The lowest BCUT2D eigenvalue weighted by molar-refractivity contribution is -0.135. The van der Waals surface area contributed by atoms with Crippen LogP contribution in [-0.2, 0) is 10.3 Å². The third-order valence-electron chi connectivity index (χ3n) is 10.0. The predicted molar refractivity (Wildman–Crippen MR) is 199 cm³/mol. The van der Waals surface area contributed by atoms with Gasteiger partial charge in [-0.15, -0.1) is 0 Å². The van der Waals surface area contributed by atoms with Crippen LogP contribution in [0.15, 0.2) is 103 Å². The van der Waals surface area contributed by atoms with E-state index in [0.717, 1.165) is 69.5 Å². The van der Waals surface area contributed by atoms with Crippen molar-refractivity contribution >= 4 is 35.0 Å². The SMILES string of the molecule is CCCN1CCC(c2ccc(-c3ccccc3)cc2)(N(C)C(C)=O)CC1.O=C(c1ccccc1)N1CCCC(c2ccc(Cl)c(Cl)c2)C1. The molecule has 2 amide bonds. The third kappa shape index (κ3) is 8.49. The van der Waals surface area contributed by atoms with E-state index in [1.165, 1.54) is 23.1 Å². The van der Waals surface area contributed by atoms with Crippen molar-refractivity contribution in [2.75, 3.05) is 39.8 Å². The van der Waals surface area contributed by atoms with Gasteiger partial charge in [-0.3, -0.25) is 9.59 Å². The van der Waals surface area contributed by atoms with Crippen LogP contribution in [0.5, 0.6) is 0 Å². The molecule has 2 fully saturated rings. The number of hydrogen-bond acceptors (Lipinski definition) is 3. The van der Waals surface area contributed by atoms with Crippen molar-refractivity contribution in [3.63, 3.8) is 0 Å². The van der Waals surface area contributed by atoms with Crippen molar-refractivity contribution in [1.29, 1.82) is 0 Å². The van der Waals surface area contributed by atoms with E-state index in [-0.39, 0.29) is 17.4 Å². The minimum atomic E-state index is -0.189. The maximum Gasteiger partial charge on any atom is 0.253 e. The highest BCUT2D eigenvalue weighted by Crippen LogP contribution is 2.39. The molecule has 5 nitrogen and oxygen atoms in total. The molecule has 2 heterocycles. The lowest BCUT2D eigenvalue weighted by Gasteiger charge is -2.47. The summed E-state index contributed by atoms with van der Waals surface area (Å²) < 4.78 is 0. The van der Waals surface area contributed by atoms with E-state index in [9.17, 15) is 9.59 Å². The van der Waals surface area contributed by atoms with E-state index in [0.29, 0.717) is 16.0 Å². The molecule has 6 rings (SSSR count). The molecule has 0 saturated carbocycles. The van der Waals surface area contributed by atoms with Crippen molar-refractivity contribution < 1.29 is 9.59 Å². The summed E-state index contributed by atoms with van der Waals surface area (Å²) in [6.45, 7) is 8.69. The van der Waals surface area contributed by atoms with Crippen LogP contribution in [0.4, 0.5) is 0 Å². The molecule has 0 bridgehead atoms. The van der Waals surface area contributed by atoms with Gasteiger partial charge in [-0.2, -0.15) is 0 Å². The Labute approximate surface area is 296 Å². The van der Waals surface area contributed by atoms with Gasteiger partial charge in [0.2, 0.25) is 5.91 Å². The number of amides is 2. The maximum atomic E-state index is 12.6. The summed E-state index contributed by atoms with van der Waals surface area (Å²) in [5.74, 6) is 0.558. The lowest BCUT2D eigenvalue weighted by Crippen LogP contribution is -2.53. The Morgan fingerprint density at radius 2 is 1.44 bits per heavy atom. The topological polar surface area (TPSA) is 43.9 Å². The van der Waals surface area contributed by atoms with Crippen LogP contribution in [0.2, 0.25) is 10.0 Å². The molecule has 0 spiro atoms. The van der Waals surface area contributed by atoms with E-state index < -0.39 is 0 Å². The zero-order chi connectivity index (χ0) is 34.1. The second-order valence-corrected chi connectivity index (χ2v) is 13.8. The molecule has 2 aliphatic heterocycles. The average Bonchev–Trinajstić information content (AvgIpc) is 3.14. The number of piperidine rings is 2. The molecular formula is C41H47Cl2N3O2. The molecule has 4 aromatic carbocycles. The molecule has 4 aromatic rings. The number of halogens is 2. The first-order valence-electron chi connectivity index (χ1n) is 17.1. The number of hydrogen-bond donors (Lipinski definition) is 0. The van der Waals surface area contributed by atoms with Gasteiger partial charge in [0.15, 0.2) is 0 Å². The Kier molecular flexibility index (Phi) is 12.4. The van der Waals surface area contributed by atoms with Gasteiger partial charge in [0.05, 0.1) is 15.6 Å². The molecule has 252 valence electrons. The molecule has 7 heteroatoms. The standard InChI is InChI=1S/C23H30N2O.C18H17Cl2NO/c1-4-16-25-17-14-23(15-18-25,24(3)19(2)26)22-12-10-21(11-13-22)20-8-6-5-7-9-20;19-16-9-8-14(11-17(16)20)15-7-4-10-21(12-15)18(22)13-5-2-1-3-6-13/h5-13H,4,14-18H2,1-3H3;1-3,5-6,8-9,11,15H,4,7,10,12H2. The third-order valence-corrected chi connectivity index (χ3v) is 10.8. The lowest BCUT2D eigenvalue weighted by atomic mass is 9.79. The largest absolute Gasteiger partial charge is 0.338 e. The smallest absolute Gasteiger partial charge is 0.253 e. The molecule has 1 atom stereocenters. The molecule has 0 radical (unpaired) electrons. The van der Waals surface area contributed by atoms with Crippen molar-refractivity contribution in [3.8, 4) is 11.1 Å². The normalized spacial score (nSPS) is 17.6. The zero-order valence-corrected chi connectivity index (χ0v) is 29.9. The monoisotopic (exact) mass is 683 g/mol. The number of carbonyl (C=O) groups is 2. The highest BCUT2D eigenvalue weighted by Gasteiger charge is 2.40. The summed E-state index contributed by atoms with van der Waals surface area (Å²) in [6, 6.07) is 34.5. The predicted octanol–water partition coefficient (Wildman–Crippen LogP) is 9.55. The minimum absolute atomic E-state index is 0.102. The molecule has 1 unspecified atom stereocenters. The van der Waals surface area contributed by atoms with Crippen molar-refractivity contribution in [1.82, 2.24) is 14.7 Å². The van der Waals surface area contributed by atoms with Gasteiger partial charge in [0.1, 0.15) is 0 Å². The van der Waals surface area contributed by atoms with E-state index in [4.69, 9.17) is 23.2 Å². The van der Waals surface area contributed by atoms with Gasteiger partial charge in [-0.05, 0) is 85.2 Å². The first-order chi connectivity index (χ1) is 23.2. The maximum absolute atomic E-state index is 12.6. The van der Waals surface area contributed by atoms with Crippen LogP contribution in [0, 0.1) is 0 Å². The number of likely N-dealkylation sites (tertiary alicyclic amines) is 2. The van der Waals surface area contributed by atoms with Gasteiger partial charge in [0.25, 0.3) is 5.91 Å².